The van der Waals surface area contributed by atoms with Gasteiger partial charge >= 0.3 is 0 Å². The Morgan fingerprint density at radius 2 is 0.947 bits per heavy atom. The van der Waals surface area contributed by atoms with Crippen molar-refractivity contribution >= 4 is 38.9 Å². The van der Waals surface area contributed by atoms with Gasteiger partial charge in [-0.15, -0.1) is 0 Å². The highest BCUT2D eigenvalue weighted by Gasteiger charge is 2.28. The number of hydrogen-bond acceptors (Lipinski definition) is 1. The van der Waals surface area contributed by atoms with Crippen molar-refractivity contribution < 1.29 is 0 Å². The van der Waals surface area contributed by atoms with Crippen molar-refractivity contribution in [3.05, 3.63) is 146 Å². The summed E-state index contributed by atoms with van der Waals surface area (Å²) in [6, 6.07) is 52.4. The second-order valence-electron chi connectivity index (χ2n) is 9.84. The molecule has 2 nitrogen and oxygen atoms in total. The van der Waals surface area contributed by atoms with Gasteiger partial charge in [-0.05, 0) is 64.7 Å². The topological polar surface area (TPSA) is 8.17 Å². The maximum Gasteiger partial charge on any atom is 0.0783 e. The summed E-state index contributed by atoms with van der Waals surface area (Å²) in [5.41, 5.74) is 12.2. The molecule has 2 heterocycles. The van der Waals surface area contributed by atoms with Crippen LogP contribution in [-0.2, 0) is 0 Å². The number of benzene rings is 6. The van der Waals surface area contributed by atoms with Gasteiger partial charge in [0.1, 0.15) is 0 Å². The Balaban J connectivity index is 1.37. The lowest BCUT2D eigenvalue weighted by atomic mass is 10.0. The van der Waals surface area contributed by atoms with E-state index < -0.39 is 0 Å². The Labute approximate surface area is 221 Å². The van der Waals surface area contributed by atoms with Gasteiger partial charge in [0.25, 0.3) is 0 Å². The molecule has 1 aliphatic rings. The molecule has 7 aromatic rings. The third-order valence-electron chi connectivity index (χ3n) is 7.71. The summed E-state index contributed by atoms with van der Waals surface area (Å²) in [5, 5.41) is 2.55. The number of para-hydroxylation sites is 3. The van der Waals surface area contributed by atoms with Crippen molar-refractivity contribution in [1.82, 2.24) is 4.57 Å². The van der Waals surface area contributed by atoms with Gasteiger partial charge in [0.15, 0.2) is 0 Å². The van der Waals surface area contributed by atoms with E-state index in [9.17, 15) is 0 Å². The minimum Gasteiger partial charge on any atom is -0.306 e. The summed E-state index contributed by atoms with van der Waals surface area (Å²) >= 11 is 0. The molecule has 2 heteroatoms. The van der Waals surface area contributed by atoms with Crippen LogP contribution in [0, 0.1) is 0 Å². The maximum absolute atomic E-state index is 2.44. The number of rotatable bonds is 3. The van der Waals surface area contributed by atoms with Crippen LogP contribution in [-0.4, -0.2) is 4.57 Å². The SMILES string of the molecule is c1ccc(-c2ccc(N3c4ccccc4-n4c5ccc(-c6ccccc6)cc5c5cccc3c54)cc2)cc1. The molecule has 0 saturated carbocycles. The molecule has 0 fully saturated rings. The van der Waals surface area contributed by atoms with Crippen molar-refractivity contribution in [3.8, 4) is 27.9 Å². The number of nitrogens with zero attached hydrogens (tertiary/aromatic N) is 2. The first-order chi connectivity index (χ1) is 18.9. The Kier molecular flexibility index (Phi) is 4.55. The molecule has 0 spiro atoms. The van der Waals surface area contributed by atoms with Crippen molar-refractivity contribution in [3.63, 3.8) is 0 Å². The quantitative estimate of drug-likeness (QED) is 0.242. The molecule has 1 aromatic heterocycles. The molecule has 0 bridgehead atoms. The van der Waals surface area contributed by atoms with E-state index in [4.69, 9.17) is 0 Å². The Morgan fingerprint density at radius 3 is 1.68 bits per heavy atom. The summed E-state index contributed by atoms with van der Waals surface area (Å²) in [5.74, 6) is 0. The first-order valence-corrected chi connectivity index (χ1v) is 13.0. The molecule has 0 aliphatic carbocycles. The average molecular weight is 485 g/mol. The van der Waals surface area contributed by atoms with Crippen LogP contribution >= 0.6 is 0 Å². The molecule has 0 unspecified atom stereocenters. The fraction of sp³-hybridized carbons (Fsp3) is 0. The third kappa shape index (κ3) is 3.07. The zero-order valence-corrected chi connectivity index (χ0v) is 20.8. The lowest BCUT2D eigenvalue weighted by Crippen LogP contribution is -2.17. The highest BCUT2D eigenvalue weighted by Crippen LogP contribution is 2.49. The third-order valence-corrected chi connectivity index (χ3v) is 7.71. The van der Waals surface area contributed by atoms with Gasteiger partial charge < -0.3 is 9.47 Å². The van der Waals surface area contributed by atoms with Gasteiger partial charge in [-0.3, -0.25) is 0 Å². The summed E-state index contributed by atoms with van der Waals surface area (Å²) in [6.45, 7) is 0. The minimum atomic E-state index is 1.16. The van der Waals surface area contributed by atoms with E-state index in [0.29, 0.717) is 0 Å². The van der Waals surface area contributed by atoms with E-state index in [1.54, 1.807) is 0 Å². The molecule has 178 valence electrons. The van der Waals surface area contributed by atoms with Crippen molar-refractivity contribution in [2.24, 2.45) is 0 Å². The first-order valence-electron chi connectivity index (χ1n) is 13.0. The summed E-state index contributed by atoms with van der Waals surface area (Å²) in [4.78, 5) is 2.41. The van der Waals surface area contributed by atoms with E-state index in [0.717, 1.165) is 5.69 Å². The number of fused-ring (bicyclic) bond motifs is 5. The van der Waals surface area contributed by atoms with E-state index in [1.165, 1.54) is 61.1 Å². The molecule has 6 aromatic carbocycles. The maximum atomic E-state index is 2.44. The van der Waals surface area contributed by atoms with Crippen LogP contribution in [0.1, 0.15) is 0 Å². The zero-order valence-electron chi connectivity index (χ0n) is 20.8. The number of aromatic nitrogens is 1. The Morgan fingerprint density at radius 1 is 0.368 bits per heavy atom. The van der Waals surface area contributed by atoms with Gasteiger partial charge in [0.05, 0.1) is 28.1 Å². The van der Waals surface area contributed by atoms with Gasteiger partial charge in [0, 0.05) is 16.5 Å². The largest absolute Gasteiger partial charge is 0.306 e. The zero-order chi connectivity index (χ0) is 25.1. The molecular formula is C36H24N2. The highest BCUT2D eigenvalue weighted by molar-refractivity contribution is 6.17. The smallest absolute Gasteiger partial charge is 0.0783 e. The standard InChI is InChI=1S/C36H24N2/c1-3-10-25(11-4-1)27-18-21-29(22-19-27)37-33-15-7-8-16-34(33)38-32-23-20-28(26-12-5-2-6-13-26)24-31(32)30-14-9-17-35(37)36(30)38/h1-24H. The lowest BCUT2D eigenvalue weighted by Gasteiger charge is -2.33. The molecule has 0 saturated heterocycles. The number of anilines is 3. The Hall–Kier alpha value is -5.08. The monoisotopic (exact) mass is 484 g/mol. The molecule has 1 aliphatic heterocycles. The molecule has 0 amide bonds. The van der Waals surface area contributed by atoms with Crippen LogP contribution < -0.4 is 4.90 Å². The van der Waals surface area contributed by atoms with E-state index in [1.807, 2.05) is 0 Å². The summed E-state index contributed by atoms with van der Waals surface area (Å²) in [7, 11) is 0. The second kappa shape index (κ2) is 8.22. The van der Waals surface area contributed by atoms with Crippen LogP contribution in [0.3, 0.4) is 0 Å². The van der Waals surface area contributed by atoms with Gasteiger partial charge in [0.2, 0.25) is 0 Å². The van der Waals surface area contributed by atoms with E-state index in [-0.39, 0.29) is 0 Å². The molecular weight excluding hydrogens is 460 g/mol. The lowest BCUT2D eigenvalue weighted by molar-refractivity contribution is 1.11. The van der Waals surface area contributed by atoms with Crippen molar-refractivity contribution in [2.45, 2.75) is 0 Å². The predicted octanol–water partition coefficient (Wildman–Crippen LogP) is 9.90. The summed E-state index contributed by atoms with van der Waals surface area (Å²) in [6.07, 6.45) is 0. The summed E-state index contributed by atoms with van der Waals surface area (Å²) < 4.78 is 2.44. The van der Waals surface area contributed by atoms with Crippen LogP contribution in [0.4, 0.5) is 17.1 Å². The predicted molar refractivity (Wildman–Crippen MR) is 160 cm³/mol. The fourth-order valence-electron chi connectivity index (χ4n) is 5.98. The Bertz CT molecular complexity index is 1950. The average Bonchev–Trinajstić information content (AvgIpc) is 3.34. The van der Waals surface area contributed by atoms with Crippen LogP contribution in [0.5, 0.6) is 0 Å². The molecule has 8 rings (SSSR count). The van der Waals surface area contributed by atoms with Crippen molar-refractivity contribution in [1.29, 1.82) is 0 Å². The van der Waals surface area contributed by atoms with Crippen molar-refractivity contribution in [2.75, 3.05) is 4.90 Å². The molecule has 0 atom stereocenters. The fourth-order valence-corrected chi connectivity index (χ4v) is 5.98. The molecule has 38 heavy (non-hydrogen) atoms. The molecule has 0 N–H and O–H groups in total. The van der Waals surface area contributed by atoms with E-state index in [2.05, 4.69) is 155 Å². The van der Waals surface area contributed by atoms with Gasteiger partial charge in [-0.2, -0.15) is 0 Å². The van der Waals surface area contributed by atoms with Gasteiger partial charge in [-0.25, -0.2) is 0 Å². The molecule has 0 radical (unpaired) electrons. The van der Waals surface area contributed by atoms with E-state index >= 15 is 0 Å². The van der Waals surface area contributed by atoms with Gasteiger partial charge in [-0.1, -0.05) is 103 Å². The minimum absolute atomic E-state index is 1.16. The second-order valence-corrected chi connectivity index (χ2v) is 9.84. The highest BCUT2D eigenvalue weighted by atomic mass is 15.2. The number of hydrogen-bond donors (Lipinski definition) is 0. The van der Waals surface area contributed by atoms with Crippen LogP contribution in [0.25, 0.3) is 49.7 Å². The van der Waals surface area contributed by atoms with Crippen LogP contribution in [0.2, 0.25) is 0 Å². The normalized spacial score (nSPS) is 12.2. The van der Waals surface area contributed by atoms with Crippen LogP contribution in [0.15, 0.2) is 146 Å². The first kappa shape index (κ1) is 21.0.